The monoisotopic (exact) mass is 340 g/mol. The Morgan fingerprint density at radius 1 is 1.12 bits per heavy atom. The van der Waals surface area contributed by atoms with E-state index in [1.54, 1.807) is 6.92 Å². The number of pyridine rings is 1. The van der Waals surface area contributed by atoms with Gasteiger partial charge in [0.25, 0.3) is 0 Å². The first-order valence-electron chi connectivity index (χ1n) is 7.62. The van der Waals surface area contributed by atoms with E-state index in [2.05, 4.69) is 10.3 Å². The lowest BCUT2D eigenvalue weighted by Crippen LogP contribution is -2.26. The number of hydrogen-bond acceptors (Lipinski definition) is 3. The molecule has 3 rings (SSSR count). The van der Waals surface area contributed by atoms with Crippen molar-refractivity contribution >= 4 is 34.2 Å². The molecular weight excluding hydrogens is 324 g/mol. The third kappa shape index (κ3) is 2.93. The molecule has 1 aromatic heterocycles. The second-order valence-corrected chi connectivity index (χ2v) is 6.06. The van der Waals surface area contributed by atoms with Gasteiger partial charge in [0.2, 0.25) is 0 Å². The highest BCUT2D eigenvalue weighted by atomic mass is 35.5. The van der Waals surface area contributed by atoms with Crippen molar-refractivity contribution in [3.8, 4) is 11.1 Å². The molecule has 1 unspecified atom stereocenters. The predicted octanol–water partition coefficient (Wildman–Crippen LogP) is 4.75. The first-order valence-corrected chi connectivity index (χ1v) is 8.00. The maximum atomic E-state index is 11.2. The molecule has 1 heterocycles. The van der Waals surface area contributed by atoms with Gasteiger partial charge in [-0.05, 0) is 25.3 Å². The number of aryl methyl sites for hydroxylation is 1. The second-order valence-electron chi connectivity index (χ2n) is 5.65. The van der Waals surface area contributed by atoms with Gasteiger partial charge in [-0.15, -0.1) is 0 Å². The highest BCUT2D eigenvalue weighted by molar-refractivity contribution is 6.33. The van der Waals surface area contributed by atoms with Crippen LogP contribution in [-0.4, -0.2) is 22.1 Å². The molecule has 0 bridgehead atoms. The zero-order valence-corrected chi connectivity index (χ0v) is 14.1. The number of halogens is 1. The van der Waals surface area contributed by atoms with Crippen molar-refractivity contribution in [1.82, 2.24) is 4.98 Å². The molecule has 0 aliphatic carbocycles. The van der Waals surface area contributed by atoms with E-state index in [9.17, 15) is 4.79 Å². The van der Waals surface area contributed by atoms with Crippen molar-refractivity contribution in [3.05, 3.63) is 59.2 Å². The molecule has 4 nitrogen and oxygen atoms in total. The molecule has 2 N–H and O–H groups in total. The maximum absolute atomic E-state index is 11.2. The molecule has 0 saturated heterocycles. The van der Waals surface area contributed by atoms with Gasteiger partial charge >= 0.3 is 5.97 Å². The Balaban J connectivity index is 2.25. The van der Waals surface area contributed by atoms with E-state index in [0.29, 0.717) is 10.8 Å². The molecule has 0 radical (unpaired) electrons. The van der Waals surface area contributed by atoms with Crippen LogP contribution in [0.2, 0.25) is 5.02 Å². The molecule has 2 aromatic carbocycles. The highest BCUT2D eigenvalue weighted by Crippen LogP contribution is 2.37. The fraction of sp³-hybridized carbons (Fsp3) is 0.158. The fourth-order valence-corrected chi connectivity index (χ4v) is 3.00. The van der Waals surface area contributed by atoms with E-state index in [1.165, 1.54) is 0 Å². The SMILES string of the molecule is Cc1nc(NC(C)C(=O)O)c2ccccc2c1-c1ccccc1Cl. The summed E-state index contributed by atoms with van der Waals surface area (Å²) >= 11 is 6.38. The van der Waals surface area contributed by atoms with Crippen LogP contribution in [0.4, 0.5) is 5.82 Å². The number of aliphatic carboxylic acids is 1. The van der Waals surface area contributed by atoms with E-state index in [1.807, 2.05) is 55.5 Å². The first-order chi connectivity index (χ1) is 11.5. The summed E-state index contributed by atoms with van der Waals surface area (Å²) in [6.07, 6.45) is 0. The smallest absolute Gasteiger partial charge is 0.325 e. The number of aromatic nitrogens is 1. The van der Waals surface area contributed by atoms with Crippen molar-refractivity contribution in [3.63, 3.8) is 0 Å². The number of nitrogens with zero attached hydrogens (tertiary/aromatic N) is 1. The van der Waals surface area contributed by atoms with Crippen molar-refractivity contribution in [1.29, 1.82) is 0 Å². The first kappa shape index (κ1) is 16.3. The number of hydrogen-bond donors (Lipinski definition) is 2. The van der Waals surface area contributed by atoms with Gasteiger partial charge in [0.1, 0.15) is 11.9 Å². The molecule has 5 heteroatoms. The number of rotatable bonds is 4. The lowest BCUT2D eigenvalue weighted by molar-refractivity contribution is -0.137. The Bertz CT molecular complexity index is 924. The largest absolute Gasteiger partial charge is 0.480 e. The van der Waals surface area contributed by atoms with Crippen molar-refractivity contribution in [2.75, 3.05) is 5.32 Å². The molecule has 122 valence electrons. The lowest BCUT2D eigenvalue weighted by Gasteiger charge is -2.17. The van der Waals surface area contributed by atoms with Crippen LogP contribution in [0, 0.1) is 6.92 Å². The molecule has 0 amide bonds. The summed E-state index contributed by atoms with van der Waals surface area (Å²) in [7, 11) is 0. The van der Waals surface area contributed by atoms with Crippen LogP contribution >= 0.6 is 11.6 Å². The number of carboxylic acids is 1. The van der Waals surface area contributed by atoms with Crippen molar-refractivity contribution < 1.29 is 9.90 Å². The molecule has 0 spiro atoms. The minimum atomic E-state index is -0.922. The number of carbonyl (C=O) groups is 1. The highest BCUT2D eigenvalue weighted by Gasteiger charge is 2.17. The van der Waals surface area contributed by atoms with Gasteiger partial charge < -0.3 is 10.4 Å². The third-order valence-electron chi connectivity index (χ3n) is 3.96. The molecule has 0 fully saturated rings. The molecule has 0 aliphatic heterocycles. The van der Waals surface area contributed by atoms with Crippen LogP contribution in [0.3, 0.4) is 0 Å². The summed E-state index contributed by atoms with van der Waals surface area (Å²) < 4.78 is 0. The van der Waals surface area contributed by atoms with Crippen LogP contribution in [0.5, 0.6) is 0 Å². The van der Waals surface area contributed by atoms with Crippen LogP contribution < -0.4 is 5.32 Å². The summed E-state index contributed by atoms with van der Waals surface area (Å²) in [4.78, 5) is 15.8. The molecule has 1 atom stereocenters. The van der Waals surface area contributed by atoms with E-state index in [0.717, 1.165) is 27.6 Å². The Labute approximate surface area is 145 Å². The average molecular weight is 341 g/mol. The molecule has 3 aromatic rings. The topological polar surface area (TPSA) is 62.2 Å². The number of fused-ring (bicyclic) bond motifs is 1. The van der Waals surface area contributed by atoms with Crippen molar-refractivity contribution in [2.45, 2.75) is 19.9 Å². The maximum Gasteiger partial charge on any atom is 0.325 e. The van der Waals surface area contributed by atoms with Gasteiger partial charge in [0, 0.05) is 27.2 Å². The normalized spacial score (nSPS) is 12.1. The Kier molecular flexibility index (Phi) is 4.40. The van der Waals surface area contributed by atoms with Crippen LogP contribution in [0.25, 0.3) is 21.9 Å². The van der Waals surface area contributed by atoms with Gasteiger partial charge in [-0.1, -0.05) is 54.1 Å². The number of anilines is 1. The van der Waals surface area contributed by atoms with Gasteiger partial charge in [-0.3, -0.25) is 4.79 Å². The average Bonchev–Trinajstić information content (AvgIpc) is 2.56. The van der Waals surface area contributed by atoms with Gasteiger partial charge in [-0.25, -0.2) is 4.98 Å². The Morgan fingerprint density at radius 3 is 2.42 bits per heavy atom. The predicted molar refractivity (Wildman–Crippen MR) is 97.6 cm³/mol. The zero-order chi connectivity index (χ0) is 17.3. The third-order valence-corrected chi connectivity index (χ3v) is 4.29. The van der Waals surface area contributed by atoms with Gasteiger partial charge in [-0.2, -0.15) is 0 Å². The van der Waals surface area contributed by atoms with Crippen LogP contribution in [-0.2, 0) is 4.79 Å². The summed E-state index contributed by atoms with van der Waals surface area (Å²) in [6, 6.07) is 14.7. The van der Waals surface area contributed by atoms with E-state index >= 15 is 0 Å². The molecule has 0 aliphatic rings. The minimum Gasteiger partial charge on any atom is -0.480 e. The van der Waals surface area contributed by atoms with E-state index < -0.39 is 12.0 Å². The standard InChI is InChI=1S/C19H17ClN2O2/c1-11-17(15-9-5-6-10-16(15)20)13-7-3-4-8-14(13)18(21-11)22-12(2)19(23)24/h3-10,12H,1-2H3,(H,21,22)(H,23,24). The quantitative estimate of drug-likeness (QED) is 0.719. The van der Waals surface area contributed by atoms with Crippen LogP contribution in [0.1, 0.15) is 12.6 Å². The fourth-order valence-electron chi connectivity index (χ4n) is 2.77. The van der Waals surface area contributed by atoms with Gasteiger partial charge in [0.05, 0.1) is 0 Å². The van der Waals surface area contributed by atoms with Crippen molar-refractivity contribution in [2.24, 2.45) is 0 Å². The summed E-state index contributed by atoms with van der Waals surface area (Å²) in [5, 5.41) is 14.6. The molecule has 0 saturated carbocycles. The summed E-state index contributed by atoms with van der Waals surface area (Å²) in [5.74, 6) is -0.359. The summed E-state index contributed by atoms with van der Waals surface area (Å²) in [5.41, 5.74) is 2.67. The van der Waals surface area contributed by atoms with E-state index in [4.69, 9.17) is 16.7 Å². The molecule has 24 heavy (non-hydrogen) atoms. The zero-order valence-electron chi connectivity index (χ0n) is 13.4. The second kappa shape index (κ2) is 6.49. The summed E-state index contributed by atoms with van der Waals surface area (Å²) in [6.45, 7) is 3.50. The lowest BCUT2D eigenvalue weighted by atomic mass is 9.97. The van der Waals surface area contributed by atoms with Gasteiger partial charge in [0.15, 0.2) is 0 Å². The number of nitrogens with one attached hydrogen (secondary N) is 1. The Hall–Kier alpha value is -2.59. The number of benzene rings is 2. The molecular formula is C19H17ClN2O2. The van der Waals surface area contributed by atoms with Crippen LogP contribution in [0.15, 0.2) is 48.5 Å². The number of carboxylic acid groups (broad SMARTS) is 1. The van der Waals surface area contributed by atoms with E-state index in [-0.39, 0.29) is 0 Å². The Morgan fingerprint density at radius 2 is 1.75 bits per heavy atom. The minimum absolute atomic E-state index is 0.564.